The Hall–Kier alpha value is 0.201. The highest BCUT2D eigenvalue weighted by Gasteiger charge is 2.64. The molecule has 0 heterocycles. The molecule has 0 aromatic rings. The molecule has 0 aliphatic heterocycles. The number of carbonyl (C=O) groups is 1. The molecule has 0 saturated heterocycles. The van der Waals surface area contributed by atoms with Crippen molar-refractivity contribution in [1.29, 1.82) is 0 Å². The monoisotopic (exact) mass is 566 g/mol. The van der Waals surface area contributed by atoms with E-state index in [1.54, 1.807) is 0 Å². The highest BCUT2D eigenvalue weighted by atomic mass is 28.4. The molecular weight excluding hydrogens is 509 g/mol. The number of rotatable bonds is 8. The van der Waals surface area contributed by atoms with E-state index < -0.39 is 25.0 Å². The SMILES string of the molecule is C[C@]12CC[C@@H](O[Si](C)(C)C)C[C@H]1CC[C@@H]1[C@@H]2[C@@H](O[Si](C)(C)C)C[C@]2(C)[C@@H](C(=O)CO[Si](C)(C)C)CC[C@@H]12. The molecule has 4 saturated carbocycles. The summed E-state index contributed by atoms with van der Waals surface area (Å²) in [4.78, 5) is 13.6. The van der Waals surface area contributed by atoms with Crippen molar-refractivity contribution in [2.45, 2.75) is 136 Å². The zero-order valence-corrected chi connectivity index (χ0v) is 29.0. The van der Waals surface area contributed by atoms with Crippen LogP contribution in [0.15, 0.2) is 0 Å². The van der Waals surface area contributed by atoms with Gasteiger partial charge in [0.15, 0.2) is 30.7 Å². The molecule has 0 unspecified atom stereocenters. The predicted molar refractivity (Wildman–Crippen MR) is 161 cm³/mol. The lowest BCUT2D eigenvalue weighted by Gasteiger charge is -2.64. The maximum Gasteiger partial charge on any atom is 0.184 e. The molecule has 9 atom stereocenters. The van der Waals surface area contributed by atoms with Gasteiger partial charge in [-0.2, -0.15) is 0 Å². The first-order valence-electron chi connectivity index (χ1n) is 15.3. The van der Waals surface area contributed by atoms with Crippen molar-refractivity contribution in [1.82, 2.24) is 0 Å². The van der Waals surface area contributed by atoms with Gasteiger partial charge < -0.3 is 13.3 Å². The fourth-order valence-electron chi connectivity index (χ4n) is 9.40. The van der Waals surface area contributed by atoms with Gasteiger partial charge >= 0.3 is 0 Å². The predicted octanol–water partition coefficient (Wildman–Crippen LogP) is 8.12. The lowest BCUT2D eigenvalue weighted by molar-refractivity contribution is -0.173. The maximum atomic E-state index is 13.6. The molecule has 0 spiro atoms. The lowest BCUT2D eigenvalue weighted by atomic mass is 9.44. The second-order valence-electron chi connectivity index (χ2n) is 16.7. The summed E-state index contributed by atoms with van der Waals surface area (Å²) < 4.78 is 20.0. The van der Waals surface area contributed by atoms with Crippen LogP contribution in [0.4, 0.5) is 0 Å². The largest absolute Gasteiger partial charge is 0.415 e. The topological polar surface area (TPSA) is 44.8 Å². The zero-order chi connectivity index (χ0) is 27.6. The second kappa shape index (κ2) is 10.2. The average molecular weight is 567 g/mol. The molecular formula is C30H58O4Si3. The van der Waals surface area contributed by atoms with E-state index in [2.05, 4.69) is 72.8 Å². The lowest BCUT2D eigenvalue weighted by Crippen LogP contribution is -2.61. The Bertz CT molecular complexity index is 843. The van der Waals surface area contributed by atoms with Crippen LogP contribution in [0.1, 0.15) is 65.2 Å². The number of hydrogen-bond donors (Lipinski definition) is 0. The molecule has 4 aliphatic carbocycles. The van der Waals surface area contributed by atoms with Crippen molar-refractivity contribution in [2.24, 2.45) is 40.4 Å². The van der Waals surface area contributed by atoms with Gasteiger partial charge in [0, 0.05) is 18.1 Å². The Kier molecular flexibility index (Phi) is 8.34. The van der Waals surface area contributed by atoms with E-state index in [4.69, 9.17) is 13.3 Å². The van der Waals surface area contributed by atoms with E-state index in [1.807, 2.05) is 0 Å². The molecule has 0 amide bonds. The summed E-state index contributed by atoms with van der Waals surface area (Å²) in [5.41, 5.74) is 0.379. The molecule has 0 aromatic carbocycles. The Morgan fingerprint density at radius 1 is 0.784 bits per heavy atom. The molecule has 37 heavy (non-hydrogen) atoms. The zero-order valence-electron chi connectivity index (χ0n) is 26.0. The Morgan fingerprint density at radius 2 is 1.43 bits per heavy atom. The van der Waals surface area contributed by atoms with Gasteiger partial charge in [-0.3, -0.25) is 4.79 Å². The van der Waals surface area contributed by atoms with Gasteiger partial charge in [0.05, 0.1) is 6.61 Å². The van der Waals surface area contributed by atoms with Gasteiger partial charge in [0.25, 0.3) is 0 Å². The molecule has 4 nitrogen and oxygen atoms in total. The minimum Gasteiger partial charge on any atom is -0.415 e. The van der Waals surface area contributed by atoms with Crippen molar-refractivity contribution < 1.29 is 18.1 Å². The first kappa shape index (κ1) is 30.2. The minimum absolute atomic E-state index is 0.0483. The van der Waals surface area contributed by atoms with Crippen LogP contribution >= 0.6 is 0 Å². The first-order valence-corrected chi connectivity index (χ1v) is 25.6. The third-order valence-electron chi connectivity index (χ3n) is 10.6. The molecule has 4 aliphatic rings. The van der Waals surface area contributed by atoms with Gasteiger partial charge in [0.2, 0.25) is 0 Å². The van der Waals surface area contributed by atoms with Gasteiger partial charge in [0.1, 0.15) is 0 Å². The number of Topliss-reactive ketones (excluding diaryl/α,β-unsaturated/α-hetero) is 1. The quantitative estimate of drug-likeness (QED) is 0.278. The van der Waals surface area contributed by atoms with E-state index in [-0.39, 0.29) is 17.4 Å². The van der Waals surface area contributed by atoms with Crippen LogP contribution in [0.5, 0.6) is 0 Å². The van der Waals surface area contributed by atoms with Crippen molar-refractivity contribution in [3.05, 3.63) is 0 Å². The van der Waals surface area contributed by atoms with Crippen molar-refractivity contribution in [3.8, 4) is 0 Å². The second-order valence-corrected chi connectivity index (χ2v) is 30.1. The van der Waals surface area contributed by atoms with Crippen LogP contribution in [-0.2, 0) is 18.1 Å². The van der Waals surface area contributed by atoms with Gasteiger partial charge in [-0.1, -0.05) is 13.8 Å². The van der Waals surface area contributed by atoms with Crippen molar-refractivity contribution >= 4 is 30.7 Å². The average Bonchev–Trinajstić information content (AvgIpc) is 3.06. The summed E-state index contributed by atoms with van der Waals surface area (Å²) in [5, 5.41) is 0. The smallest absolute Gasteiger partial charge is 0.184 e. The summed E-state index contributed by atoms with van der Waals surface area (Å²) >= 11 is 0. The van der Waals surface area contributed by atoms with Crippen LogP contribution in [0.25, 0.3) is 0 Å². The Labute approximate surface area is 231 Å². The Morgan fingerprint density at radius 3 is 2.03 bits per heavy atom. The Balaban J connectivity index is 1.61. The van der Waals surface area contributed by atoms with Crippen molar-refractivity contribution in [3.63, 3.8) is 0 Å². The highest BCUT2D eigenvalue weighted by Crippen LogP contribution is 2.68. The summed E-state index contributed by atoms with van der Waals surface area (Å²) in [6.45, 7) is 26.0. The van der Waals surface area contributed by atoms with E-state index in [0.29, 0.717) is 41.7 Å². The van der Waals surface area contributed by atoms with Crippen molar-refractivity contribution in [2.75, 3.05) is 6.61 Å². The summed E-state index contributed by atoms with van der Waals surface area (Å²) in [7, 11) is -4.98. The minimum atomic E-state index is -1.75. The standard InChI is InChI=1S/C30H58O4Si3/c1-29-17-16-22(33-36(6,7)8)18-21(29)12-13-23-24-14-15-25(26(31)20-32-35(3,4)5)30(24,2)19-27(28(23)29)34-37(9,10)11/h21-25,27-28H,12-20H2,1-11H3/t21-,22-,23+,24+,25-,27+,28-,29+,30+/m1/s1. The van der Waals surface area contributed by atoms with Gasteiger partial charge in [-0.25, -0.2) is 0 Å². The van der Waals surface area contributed by atoms with E-state index in [9.17, 15) is 4.79 Å². The first-order chi connectivity index (χ1) is 16.8. The van der Waals surface area contributed by atoms with Crippen LogP contribution in [0.2, 0.25) is 58.9 Å². The van der Waals surface area contributed by atoms with E-state index >= 15 is 0 Å². The number of ketones is 1. The molecule has 4 rings (SSSR count). The number of hydrogen-bond acceptors (Lipinski definition) is 4. The third kappa shape index (κ3) is 6.42. The third-order valence-corrected chi connectivity index (χ3v) is 13.6. The van der Waals surface area contributed by atoms with E-state index in [1.165, 1.54) is 38.5 Å². The van der Waals surface area contributed by atoms with Gasteiger partial charge in [-0.15, -0.1) is 0 Å². The fourth-order valence-corrected chi connectivity index (χ4v) is 12.3. The molecule has 4 fully saturated rings. The molecule has 0 N–H and O–H groups in total. The molecule has 7 heteroatoms. The van der Waals surface area contributed by atoms with Crippen LogP contribution in [-0.4, -0.2) is 49.6 Å². The maximum absolute atomic E-state index is 13.6. The number of fused-ring (bicyclic) bond motifs is 5. The number of carbonyl (C=O) groups excluding carboxylic acids is 1. The van der Waals surface area contributed by atoms with Crippen LogP contribution in [0.3, 0.4) is 0 Å². The van der Waals surface area contributed by atoms with E-state index in [0.717, 1.165) is 18.8 Å². The van der Waals surface area contributed by atoms with Crippen LogP contribution < -0.4 is 0 Å². The summed E-state index contributed by atoms with van der Waals surface area (Å²) in [6.07, 6.45) is 10.4. The normalized spacial score (nSPS) is 42.6. The highest BCUT2D eigenvalue weighted by molar-refractivity contribution is 6.70. The molecule has 0 radical (unpaired) electrons. The molecule has 0 bridgehead atoms. The molecule has 0 aromatic heterocycles. The van der Waals surface area contributed by atoms with Gasteiger partial charge in [-0.05, 0) is 145 Å². The fraction of sp³-hybridized carbons (Fsp3) is 0.967. The van der Waals surface area contributed by atoms with Crippen LogP contribution in [0, 0.1) is 40.4 Å². The summed E-state index contributed by atoms with van der Waals surface area (Å²) in [6, 6.07) is 0. The summed E-state index contributed by atoms with van der Waals surface area (Å²) in [5.74, 6) is 3.19. The molecule has 214 valence electrons.